The zero-order valence-corrected chi connectivity index (χ0v) is 24.4. The van der Waals surface area contributed by atoms with Gasteiger partial charge in [-0.25, -0.2) is 4.98 Å². The van der Waals surface area contributed by atoms with Crippen LogP contribution in [0.1, 0.15) is 46.6 Å². The van der Waals surface area contributed by atoms with Gasteiger partial charge in [0, 0.05) is 53.5 Å². The van der Waals surface area contributed by atoms with Gasteiger partial charge in [-0.1, -0.05) is 12.8 Å². The standard InChI is InChI=1S/C28H30N8O4S2/c29-18-3-1-2-4-19(18)32-28-33-20(23(26(30)38)27-34-31-14-36(27)28)10-16-9-15(12-41-16)17-13-42-25-21(37)11-22(40-24(17)25)35-5-7-39-8-6-35/h9,11-14,18-19H,1-8,10,29H2,(H2,30,38)(H,32,33)/t18-,19+/m1/s1. The van der Waals surface area contributed by atoms with Gasteiger partial charge in [0.05, 0.1) is 18.9 Å². The molecule has 5 aromatic heterocycles. The molecule has 2 aliphatic rings. The number of nitrogens with one attached hydrogen (secondary N) is 1. The Morgan fingerprint density at radius 3 is 2.79 bits per heavy atom. The highest BCUT2D eigenvalue weighted by atomic mass is 32.1. The van der Waals surface area contributed by atoms with E-state index in [2.05, 4.69) is 15.5 Å². The van der Waals surface area contributed by atoms with Gasteiger partial charge in [-0.05, 0) is 29.9 Å². The number of nitrogens with two attached hydrogens (primary N) is 2. The first kappa shape index (κ1) is 27.0. The molecule has 6 heterocycles. The minimum absolute atomic E-state index is 0.00968. The van der Waals surface area contributed by atoms with Crippen molar-refractivity contribution in [1.29, 1.82) is 0 Å². The number of carbonyl (C=O) groups excluding carboxylic acids is 1. The average molecular weight is 607 g/mol. The summed E-state index contributed by atoms with van der Waals surface area (Å²) >= 11 is 2.92. The van der Waals surface area contributed by atoms with E-state index >= 15 is 0 Å². The number of aromatic nitrogens is 4. The molecule has 1 saturated heterocycles. The monoisotopic (exact) mass is 606 g/mol. The van der Waals surface area contributed by atoms with Crippen LogP contribution in [-0.2, 0) is 11.2 Å². The van der Waals surface area contributed by atoms with Gasteiger partial charge >= 0.3 is 0 Å². The maximum absolute atomic E-state index is 12.9. The summed E-state index contributed by atoms with van der Waals surface area (Å²) in [5.41, 5.74) is 15.7. The molecule has 1 amide bonds. The van der Waals surface area contributed by atoms with Gasteiger partial charge in [0.1, 0.15) is 16.6 Å². The molecular formula is C28H30N8O4S2. The first-order valence-electron chi connectivity index (χ1n) is 14.0. The molecule has 14 heteroatoms. The summed E-state index contributed by atoms with van der Waals surface area (Å²) in [6.45, 7) is 2.54. The number of carbonyl (C=O) groups is 1. The Bertz CT molecular complexity index is 1840. The topological polar surface area (TPSA) is 167 Å². The molecule has 218 valence electrons. The van der Waals surface area contributed by atoms with E-state index in [0.717, 1.165) is 41.7 Å². The van der Waals surface area contributed by atoms with E-state index in [4.69, 9.17) is 25.6 Å². The largest absolute Gasteiger partial charge is 0.439 e. The summed E-state index contributed by atoms with van der Waals surface area (Å²) in [6, 6.07) is 3.67. The maximum Gasteiger partial charge on any atom is 0.254 e. The van der Waals surface area contributed by atoms with Crippen LogP contribution >= 0.6 is 22.7 Å². The van der Waals surface area contributed by atoms with Crippen LogP contribution in [0.2, 0.25) is 0 Å². The van der Waals surface area contributed by atoms with E-state index in [1.807, 2.05) is 21.7 Å². The Morgan fingerprint density at radius 1 is 1.14 bits per heavy atom. The normalized spacial score (nSPS) is 19.5. The molecule has 1 aliphatic carbocycles. The lowest BCUT2D eigenvalue weighted by Gasteiger charge is -2.30. The van der Waals surface area contributed by atoms with Crippen LogP contribution in [0.4, 0.5) is 11.8 Å². The lowest BCUT2D eigenvalue weighted by atomic mass is 9.91. The maximum atomic E-state index is 12.9. The zero-order valence-electron chi connectivity index (χ0n) is 22.7. The van der Waals surface area contributed by atoms with Crippen molar-refractivity contribution in [3.05, 3.63) is 55.6 Å². The molecule has 5 N–H and O–H groups in total. The van der Waals surface area contributed by atoms with Crippen molar-refractivity contribution in [2.24, 2.45) is 11.5 Å². The van der Waals surface area contributed by atoms with E-state index in [0.29, 0.717) is 66.2 Å². The lowest BCUT2D eigenvalue weighted by molar-refractivity contribution is 0.1000. The molecule has 0 bridgehead atoms. The van der Waals surface area contributed by atoms with E-state index in [-0.39, 0.29) is 23.1 Å². The van der Waals surface area contributed by atoms with Crippen molar-refractivity contribution < 1.29 is 13.9 Å². The SMILES string of the molecule is NC(=O)c1c(Cc2cc(-c3csc4c(=O)cc(N5CCOCC5)oc34)cs2)nc(N[C@H]2CCCC[C@H]2N)n2cnnc12. The number of morpholine rings is 1. The number of hydrogen-bond donors (Lipinski definition) is 3. The van der Waals surface area contributed by atoms with Crippen molar-refractivity contribution in [1.82, 2.24) is 19.6 Å². The van der Waals surface area contributed by atoms with Gasteiger partial charge in [-0.15, -0.1) is 32.9 Å². The first-order chi connectivity index (χ1) is 20.5. The number of hydrogen-bond acceptors (Lipinski definition) is 12. The first-order valence-corrected chi connectivity index (χ1v) is 15.7. The Balaban J connectivity index is 1.23. The molecule has 2 atom stereocenters. The smallest absolute Gasteiger partial charge is 0.254 e. The molecule has 0 aromatic carbocycles. The molecular weight excluding hydrogens is 576 g/mol. The van der Waals surface area contributed by atoms with E-state index in [9.17, 15) is 9.59 Å². The van der Waals surface area contributed by atoms with Crippen molar-refractivity contribution >= 4 is 56.3 Å². The molecule has 42 heavy (non-hydrogen) atoms. The van der Waals surface area contributed by atoms with Gasteiger partial charge in [-0.3, -0.25) is 14.0 Å². The highest BCUT2D eigenvalue weighted by molar-refractivity contribution is 7.17. The van der Waals surface area contributed by atoms with Gasteiger partial charge in [-0.2, -0.15) is 0 Å². The second kappa shape index (κ2) is 11.1. The number of anilines is 2. The molecule has 5 aromatic rings. The summed E-state index contributed by atoms with van der Waals surface area (Å²) in [5, 5.41) is 15.7. The minimum Gasteiger partial charge on any atom is -0.439 e. The third-order valence-corrected chi connectivity index (χ3v) is 9.88. The molecule has 2 fully saturated rings. The van der Waals surface area contributed by atoms with Gasteiger partial charge < -0.3 is 30.8 Å². The predicted molar refractivity (Wildman–Crippen MR) is 163 cm³/mol. The van der Waals surface area contributed by atoms with Crippen LogP contribution < -0.4 is 27.1 Å². The number of nitrogens with zero attached hydrogens (tertiary/aromatic N) is 5. The summed E-state index contributed by atoms with van der Waals surface area (Å²) in [7, 11) is 0. The van der Waals surface area contributed by atoms with Crippen molar-refractivity contribution in [3.8, 4) is 11.1 Å². The summed E-state index contributed by atoms with van der Waals surface area (Å²) < 4.78 is 14.0. The Hall–Kier alpha value is -3.85. The fraction of sp³-hybridized carbons (Fsp3) is 0.393. The Morgan fingerprint density at radius 2 is 1.98 bits per heavy atom. The predicted octanol–water partition coefficient (Wildman–Crippen LogP) is 3.23. The van der Waals surface area contributed by atoms with Crippen LogP contribution in [0.15, 0.2) is 38.4 Å². The highest BCUT2D eigenvalue weighted by Gasteiger charge is 2.26. The Kier molecular flexibility index (Phi) is 7.14. The third kappa shape index (κ3) is 4.93. The van der Waals surface area contributed by atoms with Crippen LogP contribution in [0, 0.1) is 0 Å². The van der Waals surface area contributed by atoms with E-state index in [1.165, 1.54) is 29.0 Å². The molecule has 1 saturated carbocycles. The number of thiophene rings is 2. The van der Waals surface area contributed by atoms with Gasteiger partial charge in [0.2, 0.25) is 11.4 Å². The van der Waals surface area contributed by atoms with E-state index < -0.39 is 5.91 Å². The van der Waals surface area contributed by atoms with E-state index in [1.54, 1.807) is 10.5 Å². The zero-order chi connectivity index (χ0) is 28.8. The van der Waals surface area contributed by atoms with Gasteiger partial charge in [0.15, 0.2) is 17.1 Å². The average Bonchev–Trinajstić information content (AvgIpc) is 3.75. The highest BCUT2D eigenvalue weighted by Crippen LogP contribution is 2.37. The van der Waals surface area contributed by atoms with Crippen LogP contribution in [0.5, 0.6) is 0 Å². The number of fused-ring (bicyclic) bond motifs is 2. The number of primary amides is 1. The second-order valence-electron chi connectivity index (χ2n) is 10.7. The van der Waals surface area contributed by atoms with Crippen LogP contribution in [0.25, 0.3) is 27.1 Å². The lowest BCUT2D eigenvalue weighted by Crippen LogP contribution is -2.43. The number of rotatable bonds is 7. The Labute approximate surface area is 248 Å². The third-order valence-electron chi connectivity index (χ3n) is 7.97. The number of ether oxygens (including phenoxy) is 1. The summed E-state index contributed by atoms with van der Waals surface area (Å²) in [6.07, 6.45) is 5.97. The second-order valence-corrected chi connectivity index (χ2v) is 12.6. The molecule has 0 unspecified atom stereocenters. The molecule has 12 nitrogen and oxygen atoms in total. The number of amides is 1. The molecule has 1 aliphatic heterocycles. The summed E-state index contributed by atoms with van der Waals surface area (Å²) in [4.78, 5) is 33.4. The van der Waals surface area contributed by atoms with Gasteiger partial charge in [0.25, 0.3) is 5.91 Å². The quantitative estimate of drug-likeness (QED) is 0.250. The van der Waals surface area contributed by atoms with Crippen LogP contribution in [-0.4, -0.2) is 63.9 Å². The molecule has 7 rings (SSSR count). The molecule has 0 spiro atoms. The van der Waals surface area contributed by atoms with Crippen molar-refractivity contribution in [2.75, 3.05) is 36.5 Å². The minimum atomic E-state index is -0.616. The molecule has 0 radical (unpaired) electrons. The van der Waals surface area contributed by atoms with Crippen molar-refractivity contribution in [2.45, 2.75) is 44.2 Å². The fourth-order valence-corrected chi connectivity index (χ4v) is 7.56. The van der Waals surface area contributed by atoms with Crippen LogP contribution in [0.3, 0.4) is 0 Å². The summed E-state index contributed by atoms with van der Waals surface area (Å²) in [5.74, 6) is 0.477. The fourth-order valence-electron chi connectivity index (χ4n) is 5.76. The van der Waals surface area contributed by atoms with Crippen molar-refractivity contribution in [3.63, 3.8) is 0 Å².